The second-order valence-corrected chi connectivity index (χ2v) is 7.30. The van der Waals surface area contributed by atoms with Crippen molar-refractivity contribution in [2.24, 2.45) is 5.92 Å². The highest BCUT2D eigenvalue weighted by Crippen LogP contribution is 2.40. The molecule has 1 rings (SSSR count). The molecule has 0 aromatic carbocycles. The van der Waals surface area contributed by atoms with E-state index in [4.69, 9.17) is 5.73 Å². The number of sulfone groups is 1. The lowest BCUT2D eigenvalue weighted by Gasteiger charge is -2.04. The zero-order valence-corrected chi connectivity index (χ0v) is 12.5. The van der Waals surface area contributed by atoms with Crippen molar-refractivity contribution in [2.75, 3.05) is 23.9 Å². The highest BCUT2D eigenvalue weighted by Gasteiger charge is 2.27. The Hall–Kier alpha value is -1.08. The van der Waals surface area contributed by atoms with E-state index in [-0.39, 0.29) is 22.3 Å². The lowest BCUT2D eigenvalue weighted by molar-refractivity contribution is 0.0944. The van der Waals surface area contributed by atoms with Crippen LogP contribution in [0.2, 0.25) is 0 Å². The van der Waals surface area contributed by atoms with Gasteiger partial charge in [0.15, 0.2) is 15.6 Å². The minimum atomic E-state index is -3.45. The van der Waals surface area contributed by atoms with Crippen LogP contribution in [0.3, 0.4) is 0 Å². The standard InChI is InChI=1S/C11H18N2O3S2/c1-5-13-11-10(18(4,15)16)7(12)9(17-11)8(14)6(2)3/h6,13H,5,12H2,1-4H3. The molecule has 0 radical (unpaired) electrons. The van der Waals surface area contributed by atoms with Gasteiger partial charge in [-0.05, 0) is 6.92 Å². The van der Waals surface area contributed by atoms with E-state index in [9.17, 15) is 13.2 Å². The normalized spacial score (nSPS) is 11.8. The molecule has 0 unspecified atom stereocenters. The largest absolute Gasteiger partial charge is 0.396 e. The predicted molar refractivity (Wildman–Crippen MR) is 75.2 cm³/mol. The summed E-state index contributed by atoms with van der Waals surface area (Å²) in [7, 11) is -3.45. The van der Waals surface area contributed by atoms with Gasteiger partial charge in [-0.2, -0.15) is 0 Å². The van der Waals surface area contributed by atoms with Crippen LogP contribution in [0.4, 0.5) is 10.7 Å². The van der Waals surface area contributed by atoms with E-state index < -0.39 is 9.84 Å². The molecule has 102 valence electrons. The molecule has 0 saturated heterocycles. The van der Waals surface area contributed by atoms with Gasteiger partial charge >= 0.3 is 0 Å². The van der Waals surface area contributed by atoms with Crippen molar-refractivity contribution < 1.29 is 13.2 Å². The summed E-state index contributed by atoms with van der Waals surface area (Å²) in [6, 6.07) is 0. The third-order valence-electron chi connectivity index (χ3n) is 2.36. The summed E-state index contributed by atoms with van der Waals surface area (Å²) in [6.07, 6.45) is 1.09. The molecule has 5 nitrogen and oxygen atoms in total. The maximum atomic E-state index is 12.0. The van der Waals surface area contributed by atoms with Gasteiger partial charge in [0.25, 0.3) is 0 Å². The molecule has 0 bridgehead atoms. The zero-order chi connectivity index (χ0) is 14.1. The number of nitrogens with one attached hydrogen (secondary N) is 1. The number of thiophene rings is 1. The quantitative estimate of drug-likeness (QED) is 0.810. The second-order valence-electron chi connectivity index (χ2n) is 4.32. The number of carbonyl (C=O) groups is 1. The summed E-state index contributed by atoms with van der Waals surface area (Å²) in [5.74, 6) is -0.348. The van der Waals surface area contributed by atoms with Gasteiger partial charge in [-0.25, -0.2) is 8.42 Å². The van der Waals surface area contributed by atoms with Crippen molar-refractivity contribution in [3.05, 3.63) is 4.88 Å². The smallest absolute Gasteiger partial charge is 0.180 e. The van der Waals surface area contributed by atoms with Crippen molar-refractivity contribution >= 4 is 37.6 Å². The van der Waals surface area contributed by atoms with Gasteiger partial charge in [-0.15, -0.1) is 11.3 Å². The summed E-state index contributed by atoms with van der Waals surface area (Å²) in [5.41, 5.74) is 5.90. The third-order valence-corrected chi connectivity index (χ3v) is 4.83. The third kappa shape index (κ3) is 2.84. The molecule has 0 aliphatic carbocycles. The van der Waals surface area contributed by atoms with Crippen LogP contribution in [0.15, 0.2) is 4.90 Å². The summed E-state index contributed by atoms with van der Waals surface area (Å²) in [5, 5.41) is 3.39. The first-order valence-electron chi connectivity index (χ1n) is 5.60. The Morgan fingerprint density at radius 1 is 1.44 bits per heavy atom. The fourth-order valence-corrected chi connectivity index (χ4v) is 4.24. The molecule has 7 heteroatoms. The maximum absolute atomic E-state index is 12.0. The summed E-state index contributed by atoms with van der Waals surface area (Å²) < 4.78 is 23.5. The molecule has 1 aromatic rings. The van der Waals surface area contributed by atoms with E-state index in [1.807, 2.05) is 6.92 Å². The molecule has 18 heavy (non-hydrogen) atoms. The minimum Gasteiger partial charge on any atom is -0.396 e. The van der Waals surface area contributed by atoms with Crippen LogP contribution in [0.1, 0.15) is 30.4 Å². The van der Waals surface area contributed by atoms with E-state index in [0.717, 1.165) is 17.6 Å². The molecule has 0 amide bonds. The van der Waals surface area contributed by atoms with E-state index in [1.165, 1.54) is 0 Å². The van der Waals surface area contributed by atoms with E-state index in [2.05, 4.69) is 5.32 Å². The number of nitrogen functional groups attached to an aromatic ring is 1. The summed E-state index contributed by atoms with van der Waals surface area (Å²) >= 11 is 1.11. The van der Waals surface area contributed by atoms with Gasteiger partial charge in [-0.3, -0.25) is 4.79 Å². The maximum Gasteiger partial charge on any atom is 0.180 e. The lowest BCUT2D eigenvalue weighted by atomic mass is 10.1. The molecule has 0 fully saturated rings. The fraction of sp³-hybridized carbons (Fsp3) is 0.545. The SMILES string of the molecule is CCNc1sc(C(=O)C(C)C)c(N)c1S(C)(=O)=O. The van der Waals surface area contributed by atoms with Gasteiger partial charge in [0.1, 0.15) is 9.90 Å². The molecule has 0 aliphatic heterocycles. The lowest BCUT2D eigenvalue weighted by Crippen LogP contribution is -2.09. The van der Waals surface area contributed by atoms with Crippen LogP contribution >= 0.6 is 11.3 Å². The van der Waals surface area contributed by atoms with Gasteiger partial charge in [0.05, 0.1) is 10.6 Å². The molecule has 0 saturated carbocycles. The van der Waals surface area contributed by atoms with Gasteiger partial charge < -0.3 is 11.1 Å². The Labute approximate surface area is 111 Å². The average Bonchev–Trinajstić information content (AvgIpc) is 2.54. The zero-order valence-electron chi connectivity index (χ0n) is 10.9. The number of hydrogen-bond donors (Lipinski definition) is 2. The molecule has 3 N–H and O–H groups in total. The van der Waals surface area contributed by atoms with Crippen molar-refractivity contribution in [1.82, 2.24) is 0 Å². The molecule has 1 aromatic heterocycles. The molecule has 0 aliphatic rings. The van der Waals surface area contributed by atoms with Crippen molar-refractivity contribution in [3.63, 3.8) is 0 Å². The van der Waals surface area contributed by atoms with Crippen LogP contribution in [0.25, 0.3) is 0 Å². The van der Waals surface area contributed by atoms with E-state index in [0.29, 0.717) is 16.4 Å². The molecule has 1 heterocycles. The molecular formula is C11H18N2O3S2. The number of ketones is 1. The minimum absolute atomic E-state index is 0.0401. The topological polar surface area (TPSA) is 89.3 Å². The predicted octanol–water partition coefficient (Wildman–Crippen LogP) is 2.00. The molecular weight excluding hydrogens is 272 g/mol. The van der Waals surface area contributed by atoms with Gasteiger partial charge in [-0.1, -0.05) is 13.8 Å². The first-order valence-corrected chi connectivity index (χ1v) is 8.31. The van der Waals surface area contributed by atoms with Crippen molar-refractivity contribution in [3.8, 4) is 0 Å². The Kier molecular flexibility index (Phi) is 4.39. The second kappa shape index (κ2) is 5.27. The number of carbonyl (C=O) groups excluding carboxylic acids is 1. The van der Waals surface area contributed by atoms with Crippen LogP contribution in [-0.4, -0.2) is 27.0 Å². The van der Waals surface area contributed by atoms with E-state index in [1.54, 1.807) is 13.8 Å². The first-order chi connectivity index (χ1) is 8.20. The molecule has 0 atom stereocenters. The highest BCUT2D eigenvalue weighted by atomic mass is 32.2. The van der Waals surface area contributed by atoms with Gasteiger partial charge in [0, 0.05) is 18.7 Å². The highest BCUT2D eigenvalue weighted by molar-refractivity contribution is 7.91. The molecule has 0 spiro atoms. The number of Topliss-reactive ketones (excluding diaryl/α,β-unsaturated/α-hetero) is 1. The summed E-state index contributed by atoms with van der Waals surface area (Å²) in [6.45, 7) is 5.94. The number of anilines is 2. The van der Waals surface area contributed by atoms with Crippen LogP contribution in [0, 0.1) is 5.92 Å². The first kappa shape index (κ1) is 15.0. The number of rotatable bonds is 5. The Morgan fingerprint density at radius 3 is 2.39 bits per heavy atom. The van der Waals surface area contributed by atoms with Crippen LogP contribution < -0.4 is 11.1 Å². The van der Waals surface area contributed by atoms with Crippen molar-refractivity contribution in [1.29, 1.82) is 0 Å². The Bertz CT molecular complexity index is 559. The Morgan fingerprint density at radius 2 is 2.00 bits per heavy atom. The average molecular weight is 290 g/mol. The van der Waals surface area contributed by atoms with Gasteiger partial charge in [0.2, 0.25) is 0 Å². The van der Waals surface area contributed by atoms with E-state index >= 15 is 0 Å². The summed E-state index contributed by atoms with van der Waals surface area (Å²) in [4.78, 5) is 12.3. The van der Waals surface area contributed by atoms with Crippen LogP contribution in [-0.2, 0) is 9.84 Å². The van der Waals surface area contributed by atoms with Crippen molar-refractivity contribution in [2.45, 2.75) is 25.7 Å². The van der Waals surface area contributed by atoms with Crippen LogP contribution in [0.5, 0.6) is 0 Å². The fourth-order valence-electron chi connectivity index (χ4n) is 1.52. The monoisotopic (exact) mass is 290 g/mol. The number of hydrogen-bond acceptors (Lipinski definition) is 6. The Balaban J connectivity index is 3.47. The number of nitrogens with two attached hydrogens (primary N) is 1.